The molecule has 240 valence electrons. The summed E-state index contributed by atoms with van der Waals surface area (Å²) in [6.45, 7) is 3.56. The van der Waals surface area contributed by atoms with Gasteiger partial charge in [-0.3, -0.25) is 9.59 Å². The van der Waals surface area contributed by atoms with Crippen LogP contribution in [0.2, 0.25) is 0 Å². The highest BCUT2D eigenvalue weighted by Gasteiger charge is 2.56. The molecule has 0 fully saturated rings. The number of alkyl halides is 3. The Morgan fingerprint density at radius 2 is 1.82 bits per heavy atom. The highest BCUT2D eigenvalue weighted by Crippen LogP contribution is 2.44. The lowest BCUT2D eigenvalue weighted by atomic mass is 9.74. The first-order chi connectivity index (χ1) is 21.0. The van der Waals surface area contributed by atoms with Crippen LogP contribution >= 0.6 is 0 Å². The molecule has 0 aliphatic heterocycles. The maximum atomic E-state index is 14.5. The first-order valence-corrected chi connectivity index (χ1v) is 14.0. The summed E-state index contributed by atoms with van der Waals surface area (Å²) in [6.07, 6.45) is -4.37. The Labute approximate surface area is 257 Å². The molecule has 0 bridgehead atoms. The van der Waals surface area contributed by atoms with Crippen LogP contribution in [0.25, 0.3) is 16.6 Å². The smallest absolute Gasteiger partial charge is 0.418 e. The van der Waals surface area contributed by atoms with E-state index >= 15 is 0 Å². The molecule has 45 heavy (non-hydrogen) atoms. The third kappa shape index (κ3) is 7.03. The molecule has 0 saturated carbocycles. The van der Waals surface area contributed by atoms with Crippen LogP contribution in [-0.4, -0.2) is 70.6 Å². The topological polar surface area (TPSA) is 123 Å². The van der Waals surface area contributed by atoms with E-state index in [0.717, 1.165) is 12.1 Å². The Kier molecular flexibility index (Phi) is 9.15. The fourth-order valence-electron chi connectivity index (χ4n) is 5.46. The zero-order valence-electron chi connectivity index (χ0n) is 25.5. The minimum atomic E-state index is -5.04. The minimum absolute atomic E-state index is 0.188. The van der Waals surface area contributed by atoms with Crippen LogP contribution in [0.15, 0.2) is 60.8 Å². The number of aryl methyl sites for hydroxylation is 1. The van der Waals surface area contributed by atoms with Gasteiger partial charge in [-0.05, 0) is 72.9 Å². The third-order valence-corrected chi connectivity index (χ3v) is 7.63. The molecule has 1 atom stereocenters. The van der Waals surface area contributed by atoms with Crippen molar-refractivity contribution in [2.45, 2.75) is 44.4 Å². The fraction of sp³-hybridized carbons (Fsp3) is 0.344. The van der Waals surface area contributed by atoms with Crippen molar-refractivity contribution in [3.8, 4) is 11.4 Å². The first kappa shape index (κ1) is 33.2. The summed E-state index contributed by atoms with van der Waals surface area (Å²) in [5.41, 5.74) is 3.13. The van der Waals surface area contributed by atoms with Gasteiger partial charge in [-0.25, -0.2) is 9.07 Å². The number of ether oxygens (including phenoxy) is 1. The summed E-state index contributed by atoms with van der Waals surface area (Å²) in [4.78, 5) is 25.3. The van der Waals surface area contributed by atoms with Gasteiger partial charge in [-0.15, -0.1) is 0 Å². The predicted octanol–water partition coefficient (Wildman–Crippen LogP) is 5.11. The number of aromatic nitrogens is 2. The predicted molar refractivity (Wildman–Crippen MR) is 162 cm³/mol. The number of rotatable bonds is 11. The second-order valence-corrected chi connectivity index (χ2v) is 11.8. The molecule has 9 nitrogen and oxygen atoms in total. The third-order valence-electron chi connectivity index (χ3n) is 7.63. The van der Waals surface area contributed by atoms with Crippen molar-refractivity contribution in [2.75, 3.05) is 32.6 Å². The van der Waals surface area contributed by atoms with E-state index in [-0.39, 0.29) is 23.4 Å². The van der Waals surface area contributed by atoms with Crippen molar-refractivity contribution >= 4 is 28.4 Å². The number of fused-ring (bicyclic) bond motifs is 1. The number of anilines is 1. The monoisotopic (exact) mass is 629 g/mol. The molecule has 0 aliphatic rings. The first-order valence-electron chi connectivity index (χ1n) is 14.0. The molecule has 1 heterocycles. The maximum absolute atomic E-state index is 14.5. The number of likely N-dealkylation sites (N-methyl/N-ethyl adjacent to an activating group) is 1. The van der Waals surface area contributed by atoms with Gasteiger partial charge in [0.05, 0.1) is 37.6 Å². The summed E-state index contributed by atoms with van der Waals surface area (Å²) in [5.74, 6) is -1.53. The van der Waals surface area contributed by atoms with Crippen LogP contribution in [-0.2, 0) is 10.2 Å². The number of nitrogens with one attached hydrogen (secondary N) is 1. The van der Waals surface area contributed by atoms with Gasteiger partial charge in [0.2, 0.25) is 5.91 Å². The van der Waals surface area contributed by atoms with Gasteiger partial charge >= 0.3 is 6.18 Å². The SMILES string of the molecule is COc1ccc(F)cc1C(C)(C)CC(O)(CNc1cc(C)cc2c1cnn2-c1cccc(C(=O)N(C)CC(N)=O)c1)C(F)(F)F. The molecule has 1 unspecified atom stereocenters. The maximum Gasteiger partial charge on any atom is 0.418 e. The molecule has 0 radical (unpaired) electrons. The Morgan fingerprint density at radius 3 is 2.47 bits per heavy atom. The van der Waals surface area contributed by atoms with E-state index in [2.05, 4.69) is 10.4 Å². The van der Waals surface area contributed by atoms with Crippen LogP contribution in [0.1, 0.15) is 41.8 Å². The highest BCUT2D eigenvalue weighted by molar-refractivity contribution is 5.97. The fourth-order valence-corrected chi connectivity index (χ4v) is 5.46. The number of amides is 2. The summed E-state index contributed by atoms with van der Waals surface area (Å²) >= 11 is 0. The number of carbonyl (C=O) groups is 2. The molecule has 0 spiro atoms. The number of aliphatic hydroxyl groups is 1. The number of benzene rings is 3. The summed E-state index contributed by atoms with van der Waals surface area (Å²) in [7, 11) is 2.78. The van der Waals surface area contributed by atoms with Gasteiger partial charge in [0.25, 0.3) is 5.91 Å². The largest absolute Gasteiger partial charge is 0.496 e. The van der Waals surface area contributed by atoms with Crippen LogP contribution in [0.5, 0.6) is 5.75 Å². The normalized spacial score (nSPS) is 13.4. The van der Waals surface area contributed by atoms with Crippen molar-refractivity contribution in [3.63, 3.8) is 0 Å². The average Bonchev–Trinajstić information content (AvgIpc) is 3.38. The molecule has 4 rings (SSSR count). The van der Waals surface area contributed by atoms with E-state index in [1.807, 2.05) is 0 Å². The Hall–Kier alpha value is -4.65. The van der Waals surface area contributed by atoms with E-state index in [1.165, 1.54) is 49.8 Å². The second-order valence-electron chi connectivity index (χ2n) is 11.8. The van der Waals surface area contributed by atoms with Crippen molar-refractivity contribution in [3.05, 3.63) is 83.3 Å². The number of primary amides is 1. The quantitative estimate of drug-likeness (QED) is 0.198. The molecule has 0 saturated heterocycles. The van der Waals surface area contributed by atoms with E-state index in [1.54, 1.807) is 43.3 Å². The van der Waals surface area contributed by atoms with Crippen molar-refractivity contribution in [2.24, 2.45) is 5.73 Å². The lowest BCUT2D eigenvalue weighted by Gasteiger charge is -2.38. The van der Waals surface area contributed by atoms with Gasteiger partial charge in [0.15, 0.2) is 5.60 Å². The average molecular weight is 630 g/mol. The zero-order chi connectivity index (χ0) is 33.3. The molecular formula is C32H35F4N5O4. The van der Waals surface area contributed by atoms with E-state index < -0.39 is 47.8 Å². The number of nitrogens with zero attached hydrogens (tertiary/aromatic N) is 3. The van der Waals surface area contributed by atoms with Crippen LogP contribution < -0.4 is 15.8 Å². The second kappa shape index (κ2) is 12.4. The Morgan fingerprint density at radius 1 is 1.11 bits per heavy atom. The highest BCUT2D eigenvalue weighted by atomic mass is 19.4. The Bertz CT molecular complexity index is 1740. The number of hydrogen-bond acceptors (Lipinski definition) is 6. The van der Waals surface area contributed by atoms with E-state index in [4.69, 9.17) is 10.5 Å². The molecule has 2 amide bonds. The number of halogens is 4. The van der Waals surface area contributed by atoms with Gasteiger partial charge in [0, 0.05) is 29.2 Å². The van der Waals surface area contributed by atoms with Gasteiger partial charge in [-0.1, -0.05) is 19.9 Å². The van der Waals surface area contributed by atoms with Gasteiger partial charge in [-0.2, -0.15) is 18.3 Å². The van der Waals surface area contributed by atoms with E-state index in [0.29, 0.717) is 27.8 Å². The number of methoxy groups -OCH3 is 1. The van der Waals surface area contributed by atoms with Crippen molar-refractivity contribution in [1.29, 1.82) is 0 Å². The van der Waals surface area contributed by atoms with Crippen LogP contribution in [0.4, 0.5) is 23.2 Å². The summed E-state index contributed by atoms with van der Waals surface area (Å²) < 4.78 is 64.4. The molecule has 4 N–H and O–H groups in total. The van der Waals surface area contributed by atoms with Crippen molar-refractivity contribution in [1.82, 2.24) is 14.7 Å². The molecule has 13 heteroatoms. The van der Waals surface area contributed by atoms with Gasteiger partial charge in [0.1, 0.15) is 11.6 Å². The lowest BCUT2D eigenvalue weighted by Crippen LogP contribution is -2.53. The number of nitrogens with two attached hydrogens (primary N) is 1. The van der Waals surface area contributed by atoms with Crippen LogP contribution in [0.3, 0.4) is 0 Å². The van der Waals surface area contributed by atoms with E-state index in [9.17, 15) is 32.3 Å². The standard InChI is InChI=1S/C32H35F4N5O4/c1-19-11-25(38-18-31(44,32(34,35)36)17-30(2,3)24-14-21(33)9-10-27(24)45-5)23-15-39-41(26(23)12-19)22-8-6-7-20(13-22)29(43)40(4)16-28(37)42/h6-15,38,44H,16-18H2,1-5H3,(H2,37,42). The molecule has 4 aromatic rings. The Balaban J connectivity index is 1.67. The summed E-state index contributed by atoms with van der Waals surface area (Å²) in [6, 6.07) is 13.5. The molecular weight excluding hydrogens is 594 g/mol. The zero-order valence-corrected chi connectivity index (χ0v) is 25.5. The number of carbonyl (C=O) groups excluding carboxylic acids is 2. The summed E-state index contributed by atoms with van der Waals surface area (Å²) in [5, 5.41) is 18.8. The molecule has 3 aromatic carbocycles. The van der Waals surface area contributed by atoms with Crippen LogP contribution in [0, 0.1) is 12.7 Å². The number of hydrogen-bond donors (Lipinski definition) is 3. The minimum Gasteiger partial charge on any atom is -0.496 e. The van der Waals surface area contributed by atoms with Crippen molar-refractivity contribution < 1.29 is 37.0 Å². The van der Waals surface area contributed by atoms with Gasteiger partial charge < -0.3 is 25.8 Å². The lowest BCUT2D eigenvalue weighted by molar-refractivity contribution is -0.260. The molecule has 1 aromatic heterocycles. The molecule has 0 aliphatic carbocycles.